The van der Waals surface area contributed by atoms with E-state index >= 15 is 0 Å². The Morgan fingerprint density at radius 1 is 1.13 bits per heavy atom. The normalized spacial score (nSPS) is 20.7. The van der Waals surface area contributed by atoms with Crippen LogP contribution in [0.3, 0.4) is 0 Å². The van der Waals surface area contributed by atoms with Crippen LogP contribution >= 0.6 is 0 Å². The minimum absolute atomic E-state index is 0.136. The fourth-order valence-corrected chi connectivity index (χ4v) is 3.84. The molecule has 0 atom stereocenters. The Bertz CT molecular complexity index is 434. The molecule has 0 aromatic carbocycles. The van der Waals surface area contributed by atoms with Gasteiger partial charge in [0.1, 0.15) is 12.2 Å². The summed E-state index contributed by atoms with van der Waals surface area (Å²) in [6.07, 6.45) is 9.98. The first-order valence-electron chi connectivity index (χ1n) is 8.83. The lowest BCUT2D eigenvalue weighted by Gasteiger charge is -2.39. The third-order valence-corrected chi connectivity index (χ3v) is 5.05. The SMILES string of the molecule is C=C(C)C(=O)OCCNC(=O)OC1(C2CCCCC2)CCCC1. The molecule has 0 spiro atoms. The maximum atomic E-state index is 12.1. The van der Waals surface area contributed by atoms with Crippen molar-refractivity contribution in [3.8, 4) is 0 Å². The Morgan fingerprint density at radius 3 is 2.39 bits per heavy atom. The van der Waals surface area contributed by atoms with Crippen LogP contribution in [0.15, 0.2) is 12.2 Å². The van der Waals surface area contributed by atoms with Gasteiger partial charge in [-0.15, -0.1) is 0 Å². The van der Waals surface area contributed by atoms with E-state index in [0.717, 1.165) is 25.7 Å². The van der Waals surface area contributed by atoms with Gasteiger partial charge in [-0.25, -0.2) is 9.59 Å². The topological polar surface area (TPSA) is 64.6 Å². The van der Waals surface area contributed by atoms with Crippen molar-refractivity contribution in [3.63, 3.8) is 0 Å². The summed E-state index contributed by atoms with van der Waals surface area (Å²) in [5.41, 5.74) is 0.0913. The summed E-state index contributed by atoms with van der Waals surface area (Å²) in [6, 6.07) is 0. The molecule has 0 bridgehead atoms. The molecule has 2 saturated carbocycles. The molecule has 1 N–H and O–H groups in total. The van der Waals surface area contributed by atoms with E-state index in [-0.39, 0.29) is 24.8 Å². The number of hydrogen-bond acceptors (Lipinski definition) is 4. The average molecular weight is 323 g/mol. The van der Waals surface area contributed by atoms with Gasteiger partial charge < -0.3 is 14.8 Å². The number of carbonyl (C=O) groups excluding carboxylic acids is 2. The summed E-state index contributed by atoms with van der Waals surface area (Å²) in [4.78, 5) is 23.4. The van der Waals surface area contributed by atoms with E-state index in [4.69, 9.17) is 9.47 Å². The first kappa shape index (κ1) is 17.8. The van der Waals surface area contributed by atoms with Gasteiger partial charge in [0, 0.05) is 5.57 Å². The van der Waals surface area contributed by atoms with Crippen molar-refractivity contribution >= 4 is 12.1 Å². The molecule has 2 aliphatic carbocycles. The highest BCUT2D eigenvalue weighted by atomic mass is 16.6. The van der Waals surface area contributed by atoms with E-state index < -0.39 is 5.97 Å². The highest BCUT2D eigenvalue weighted by Crippen LogP contribution is 2.45. The molecule has 0 radical (unpaired) electrons. The molecular formula is C18H29NO4. The van der Waals surface area contributed by atoms with E-state index in [1.54, 1.807) is 6.92 Å². The Hall–Kier alpha value is -1.52. The number of ether oxygens (including phenoxy) is 2. The van der Waals surface area contributed by atoms with E-state index in [2.05, 4.69) is 11.9 Å². The molecule has 5 heteroatoms. The molecule has 0 aliphatic heterocycles. The number of amides is 1. The van der Waals surface area contributed by atoms with Gasteiger partial charge in [0.25, 0.3) is 0 Å². The fourth-order valence-electron chi connectivity index (χ4n) is 3.84. The number of carbonyl (C=O) groups is 2. The van der Waals surface area contributed by atoms with Crippen LogP contribution in [0, 0.1) is 5.92 Å². The summed E-state index contributed by atoms with van der Waals surface area (Å²) in [5, 5.41) is 2.70. The smallest absolute Gasteiger partial charge is 0.407 e. The van der Waals surface area contributed by atoms with Gasteiger partial charge in [0.2, 0.25) is 0 Å². The molecule has 2 fully saturated rings. The number of esters is 1. The van der Waals surface area contributed by atoms with Crippen molar-refractivity contribution in [2.24, 2.45) is 5.92 Å². The van der Waals surface area contributed by atoms with Crippen molar-refractivity contribution in [1.29, 1.82) is 0 Å². The van der Waals surface area contributed by atoms with Crippen LogP contribution in [0.2, 0.25) is 0 Å². The summed E-state index contributed by atoms with van der Waals surface area (Å²) >= 11 is 0. The van der Waals surface area contributed by atoms with Gasteiger partial charge in [-0.2, -0.15) is 0 Å². The van der Waals surface area contributed by atoms with Crippen LogP contribution in [-0.4, -0.2) is 30.8 Å². The molecule has 0 unspecified atom stereocenters. The van der Waals surface area contributed by atoms with Crippen molar-refractivity contribution < 1.29 is 19.1 Å². The Morgan fingerprint density at radius 2 is 1.78 bits per heavy atom. The summed E-state index contributed by atoms with van der Waals surface area (Å²) < 4.78 is 10.8. The molecule has 5 nitrogen and oxygen atoms in total. The van der Waals surface area contributed by atoms with E-state index in [1.807, 2.05) is 0 Å². The molecule has 0 saturated heterocycles. The molecular weight excluding hydrogens is 294 g/mol. The van der Waals surface area contributed by atoms with Crippen LogP contribution in [0.25, 0.3) is 0 Å². The van der Waals surface area contributed by atoms with Crippen molar-refractivity contribution in [2.75, 3.05) is 13.2 Å². The van der Waals surface area contributed by atoms with Crippen molar-refractivity contribution in [3.05, 3.63) is 12.2 Å². The van der Waals surface area contributed by atoms with Gasteiger partial charge in [0.15, 0.2) is 0 Å². The Balaban J connectivity index is 1.77. The van der Waals surface area contributed by atoms with E-state index in [0.29, 0.717) is 11.5 Å². The summed E-state index contributed by atoms with van der Waals surface area (Å²) in [6.45, 7) is 5.51. The number of hydrogen-bond donors (Lipinski definition) is 1. The number of nitrogens with one attached hydrogen (secondary N) is 1. The maximum Gasteiger partial charge on any atom is 0.407 e. The zero-order chi connectivity index (χ0) is 16.7. The zero-order valence-corrected chi connectivity index (χ0v) is 14.2. The average Bonchev–Trinajstić information content (AvgIpc) is 3.01. The maximum absolute atomic E-state index is 12.1. The van der Waals surface area contributed by atoms with Gasteiger partial charge in [-0.1, -0.05) is 25.8 Å². The molecule has 0 aromatic rings. The predicted octanol–water partition coefficient (Wildman–Crippen LogP) is 3.73. The third-order valence-electron chi connectivity index (χ3n) is 5.05. The van der Waals surface area contributed by atoms with Gasteiger partial charge in [0.05, 0.1) is 6.54 Å². The molecule has 130 valence electrons. The number of alkyl carbamates (subject to hydrolysis) is 1. The first-order chi connectivity index (χ1) is 11.0. The van der Waals surface area contributed by atoms with Gasteiger partial charge in [-0.3, -0.25) is 0 Å². The zero-order valence-electron chi connectivity index (χ0n) is 14.2. The fraction of sp³-hybridized carbons (Fsp3) is 0.778. The third kappa shape index (κ3) is 4.98. The van der Waals surface area contributed by atoms with Crippen LogP contribution in [0.1, 0.15) is 64.7 Å². The van der Waals surface area contributed by atoms with Crippen molar-refractivity contribution in [1.82, 2.24) is 5.32 Å². The molecule has 0 heterocycles. The standard InChI is InChI=1S/C18H29NO4/c1-14(2)16(20)22-13-12-19-17(21)23-18(10-6-7-11-18)15-8-4-3-5-9-15/h15H,1,3-13H2,2H3,(H,19,21). The molecule has 2 rings (SSSR count). The monoisotopic (exact) mass is 323 g/mol. The largest absolute Gasteiger partial charge is 0.460 e. The molecule has 0 aromatic heterocycles. The van der Waals surface area contributed by atoms with Crippen LogP contribution in [-0.2, 0) is 14.3 Å². The quantitative estimate of drug-likeness (QED) is 0.459. The summed E-state index contributed by atoms with van der Waals surface area (Å²) in [5.74, 6) is 0.0698. The van der Waals surface area contributed by atoms with Crippen LogP contribution in [0.4, 0.5) is 4.79 Å². The Labute approximate surface area is 138 Å². The minimum atomic E-state index is -0.436. The lowest BCUT2D eigenvalue weighted by atomic mass is 9.76. The molecule has 1 amide bonds. The second-order valence-corrected chi connectivity index (χ2v) is 6.84. The predicted molar refractivity (Wildman–Crippen MR) is 88.0 cm³/mol. The first-order valence-corrected chi connectivity index (χ1v) is 8.83. The van der Waals surface area contributed by atoms with E-state index in [1.165, 1.54) is 32.1 Å². The van der Waals surface area contributed by atoms with Crippen LogP contribution in [0.5, 0.6) is 0 Å². The summed E-state index contributed by atoms with van der Waals surface area (Å²) in [7, 11) is 0. The van der Waals surface area contributed by atoms with E-state index in [9.17, 15) is 9.59 Å². The van der Waals surface area contributed by atoms with Gasteiger partial charge in [-0.05, 0) is 51.4 Å². The van der Waals surface area contributed by atoms with Crippen molar-refractivity contribution in [2.45, 2.75) is 70.3 Å². The lowest BCUT2D eigenvalue weighted by molar-refractivity contribution is -0.138. The molecule has 2 aliphatic rings. The highest BCUT2D eigenvalue weighted by Gasteiger charge is 2.44. The van der Waals surface area contributed by atoms with Gasteiger partial charge >= 0.3 is 12.1 Å². The number of rotatable bonds is 6. The second kappa shape index (κ2) is 8.37. The molecule has 23 heavy (non-hydrogen) atoms. The lowest BCUT2D eigenvalue weighted by Crippen LogP contribution is -2.44. The highest BCUT2D eigenvalue weighted by molar-refractivity contribution is 5.86. The minimum Gasteiger partial charge on any atom is -0.460 e. The Kier molecular flexibility index (Phi) is 6.48. The van der Waals surface area contributed by atoms with Crippen LogP contribution < -0.4 is 5.32 Å². The second-order valence-electron chi connectivity index (χ2n) is 6.84.